The first-order valence-electron chi connectivity index (χ1n) is 9.19. The van der Waals surface area contributed by atoms with Crippen LogP contribution < -0.4 is 0 Å². The normalized spacial score (nSPS) is 11.0. The second-order valence-corrected chi connectivity index (χ2v) is 6.60. The predicted octanol–water partition coefficient (Wildman–Crippen LogP) is 6.46. The highest BCUT2D eigenvalue weighted by Crippen LogP contribution is 2.28. The molecule has 28 heavy (non-hydrogen) atoms. The molecule has 0 amide bonds. The lowest BCUT2D eigenvalue weighted by atomic mass is 9.96. The molecule has 0 aromatic heterocycles. The molecule has 0 atom stereocenters. The molecule has 0 unspecified atom stereocenters. The number of hydrogen-bond acceptors (Lipinski definition) is 2. The largest absolute Gasteiger partial charge is 0.465 e. The summed E-state index contributed by atoms with van der Waals surface area (Å²) in [6.07, 6.45) is 4.17. The molecule has 0 aliphatic heterocycles. The minimum Gasteiger partial charge on any atom is -0.465 e. The van der Waals surface area contributed by atoms with Gasteiger partial charge in [0.05, 0.1) is 12.7 Å². The molecule has 0 aliphatic carbocycles. The van der Waals surface area contributed by atoms with Crippen molar-refractivity contribution in [2.24, 2.45) is 0 Å². The Balaban J connectivity index is 1.65. The van der Waals surface area contributed by atoms with Gasteiger partial charge < -0.3 is 4.74 Å². The Morgan fingerprint density at radius 2 is 1.46 bits per heavy atom. The molecule has 0 bridgehead atoms. The van der Waals surface area contributed by atoms with Crippen molar-refractivity contribution in [3.8, 4) is 11.1 Å². The maximum atomic E-state index is 11.6. The first-order chi connectivity index (χ1) is 13.7. The third-order valence-corrected chi connectivity index (χ3v) is 4.81. The molecule has 4 aromatic carbocycles. The van der Waals surface area contributed by atoms with E-state index in [4.69, 9.17) is 4.74 Å². The van der Waals surface area contributed by atoms with E-state index in [1.807, 2.05) is 18.2 Å². The molecule has 0 aliphatic rings. The highest BCUT2D eigenvalue weighted by molar-refractivity contribution is 5.91. The van der Waals surface area contributed by atoms with E-state index in [1.165, 1.54) is 29.0 Å². The molecule has 0 spiro atoms. The lowest BCUT2D eigenvalue weighted by Crippen LogP contribution is -2.00. The molecule has 0 fully saturated rings. The second-order valence-electron chi connectivity index (χ2n) is 6.60. The van der Waals surface area contributed by atoms with Gasteiger partial charge in [-0.15, -0.1) is 0 Å². The summed E-state index contributed by atoms with van der Waals surface area (Å²) in [5.41, 5.74) is 5.11. The second kappa shape index (κ2) is 7.93. The number of benzene rings is 4. The van der Waals surface area contributed by atoms with Crippen LogP contribution in [-0.4, -0.2) is 13.1 Å². The van der Waals surface area contributed by atoms with Crippen LogP contribution in [0.1, 0.15) is 21.5 Å². The molecule has 0 saturated heterocycles. The Morgan fingerprint density at radius 1 is 0.750 bits per heavy atom. The van der Waals surface area contributed by atoms with Crippen LogP contribution in [0.5, 0.6) is 0 Å². The zero-order valence-electron chi connectivity index (χ0n) is 15.6. The fourth-order valence-electron chi connectivity index (χ4n) is 3.30. The molecule has 0 radical (unpaired) electrons. The topological polar surface area (TPSA) is 26.3 Å². The van der Waals surface area contributed by atoms with Gasteiger partial charge in [0, 0.05) is 0 Å². The van der Waals surface area contributed by atoms with E-state index in [-0.39, 0.29) is 5.97 Å². The molecule has 4 aromatic rings. The summed E-state index contributed by atoms with van der Waals surface area (Å²) in [5.74, 6) is -0.322. The Hall–Kier alpha value is -3.65. The van der Waals surface area contributed by atoms with Gasteiger partial charge in [-0.05, 0) is 51.2 Å². The fraction of sp³-hybridized carbons (Fsp3) is 0.0385. The van der Waals surface area contributed by atoms with E-state index in [9.17, 15) is 4.79 Å². The third-order valence-electron chi connectivity index (χ3n) is 4.81. The minimum absolute atomic E-state index is 0.322. The van der Waals surface area contributed by atoms with E-state index < -0.39 is 0 Å². The van der Waals surface area contributed by atoms with Crippen LogP contribution in [0.4, 0.5) is 0 Å². The van der Waals surface area contributed by atoms with E-state index in [0.717, 1.165) is 11.1 Å². The Morgan fingerprint density at radius 3 is 2.25 bits per heavy atom. The molecular formula is C26H20O2. The van der Waals surface area contributed by atoms with Crippen LogP contribution in [-0.2, 0) is 4.74 Å². The Labute approximate surface area is 164 Å². The number of ether oxygens (including phenoxy) is 1. The molecule has 2 heteroatoms. The van der Waals surface area contributed by atoms with Crippen molar-refractivity contribution >= 4 is 28.9 Å². The van der Waals surface area contributed by atoms with Crippen molar-refractivity contribution in [1.29, 1.82) is 0 Å². The number of fused-ring (bicyclic) bond motifs is 1. The van der Waals surface area contributed by atoms with Crippen molar-refractivity contribution in [2.45, 2.75) is 0 Å². The maximum absolute atomic E-state index is 11.6. The summed E-state index contributed by atoms with van der Waals surface area (Å²) in [6.45, 7) is 0. The van der Waals surface area contributed by atoms with Crippen molar-refractivity contribution < 1.29 is 9.53 Å². The van der Waals surface area contributed by atoms with Gasteiger partial charge in [-0.1, -0.05) is 84.9 Å². The van der Waals surface area contributed by atoms with Crippen LogP contribution in [0.25, 0.3) is 34.1 Å². The maximum Gasteiger partial charge on any atom is 0.337 e. The van der Waals surface area contributed by atoms with E-state index in [2.05, 4.69) is 72.8 Å². The third kappa shape index (κ3) is 3.72. The predicted molar refractivity (Wildman–Crippen MR) is 116 cm³/mol. The Bertz CT molecular complexity index is 1150. The summed E-state index contributed by atoms with van der Waals surface area (Å²) in [6, 6.07) is 30.7. The quantitative estimate of drug-likeness (QED) is 0.307. The molecular weight excluding hydrogens is 344 g/mol. The lowest BCUT2D eigenvalue weighted by molar-refractivity contribution is 0.0600. The van der Waals surface area contributed by atoms with Crippen LogP contribution in [0.15, 0.2) is 91.0 Å². The summed E-state index contributed by atoms with van der Waals surface area (Å²) in [4.78, 5) is 11.6. The van der Waals surface area contributed by atoms with Crippen LogP contribution >= 0.6 is 0 Å². The van der Waals surface area contributed by atoms with Crippen LogP contribution in [0.2, 0.25) is 0 Å². The van der Waals surface area contributed by atoms with Gasteiger partial charge in [-0.25, -0.2) is 4.79 Å². The minimum atomic E-state index is -0.322. The number of rotatable bonds is 4. The highest BCUT2D eigenvalue weighted by Gasteiger charge is 2.05. The van der Waals surface area contributed by atoms with E-state index >= 15 is 0 Å². The van der Waals surface area contributed by atoms with Gasteiger partial charge in [0.25, 0.3) is 0 Å². The first kappa shape index (κ1) is 17.7. The first-order valence-corrected chi connectivity index (χ1v) is 9.19. The molecule has 4 rings (SSSR count). The van der Waals surface area contributed by atoms with Crippen molar-refractivity contribution in [3.63, 3.8) is 0 Å². The smallest absolute Gasteiger partial charge is 0.337 e. The summed E-state index contributed by atoms with van der Waals surface area (Å²) in [5, 5.41) is 2.47. The average molecular weight is 364 g/mol. The van der Waals surface area contributed by atoms with Gasteiger partial charge in [0.2, 0.25) is 0 Å². The molecule has 2 nitrogen and oxygen atoms in total. The lowest BCUT2D eigenvalue weighted by Gasteiger charge is -2.08. The zero-order valence-corrected chi connectivity index (χ0v) is 15.6. The number of carbonyl (C=O) groups is 1. The van der Waals surface area contributed by atoms with E-state index in [0.29, 0.717) is 5.56 Å². The molecule has 136 valence electrons. The van der Waals surface area contributed by atoms with Gasteiger partial charge in [0.1, 0.15) is 0 Å². The highest BCUT2D eigenvalue weighted by atomic mass is 16.5. The summed E-state index contributed by atoms with van der Waals surface area (Å²) >= 11 is 0. The van der Waals surface area contributed by atoms with Gasteiger partial charge in [-0.2, -0.15) is 0 Å². The SMILES string of the molecule is COC(=O)c1ccc(C=Cc2ccccc2-c2ccc3ccccc3c2)cc1. The molecule has 0 N–H and O–H groups in total. The van der Waals surface area contributed by atoms with Crippen molar-refractivity contribution in [1.82, 2.24) is 0 Å². The molecule has 0 heterocycles. The van der Waals surface area contributed by atoms with Gasteiger partial charge >= 0.3 is 5.97 Å². The fourth-order valence-corrected chi connectivity index (χ4v) is 3.30. The monoisotopic (exact) mass is 364 g/mol. The van der Waals surface area contributed by atoms with E-state index in [1.54, 1.807) is 12.1 Å². The average Bonchev–Trinajstić information content (AvgIpc) is 2.77. The Kier molecular flexibility index (Phi) is 5.03. The molecule has 0 saturated carbocycles. The van der Waals surface area contributed by atoms with Crippen molar-refractivity contribution in [3.05, 3.63) is 108 Å². The summed E-state index contributed by atoms with van der Waals surface area (Å²) in [7, 11) is 1.39. The zero-order chi connectivity index (χ0) is 19.3. The summed E-state index contributed by atoms with van der Waals surface area (Å²) < 4.78 is 4.74. The number of carbonyl (C=O) groups excluding carboxylic acids is 1. The number of hydrogen-bond donors (Lipinski definition) is 0. The standard InChI is InChI=1S/C26H20O2/c1-28-26(27)22-14-11-19(12-15-22)10-13-21-7-4-5-9-25(21)24-17-16-20-6-2-3-8-23(20)18-24/h2-18H,1H3. The van der Waals surface area contributed by atoms with Crippen molar-refractivity contribution in [2.75, 3.05) is 7.11 Å². The number of methoxy groups -OCH3 is 1. The van der Waals surface area contributed by atoms with Crippen LogP contribution in [0.3, 0.4) is 0 Å². The van der Waals surface area contributed by atoms with Gasteiger partial charge in [0.15, 0.2) is 0 Å². The number of esters is 1. The van der Waals surface area contributed by atoms with Gasteiger partial charge in [-0.3, -0.25) is 0 Å². The van der Waals surface area contributed by atoms with Crippen LogP contribution in [0, 0.1) is 0 Å².